The molecule has 1 N–H and O–H groups in total. The molecular formula is C32H39BrN2O3. The molecule has 0 radical (unpaired) electrons. The smallest absolute Gasteiger partial charge is 0.261 e. The largest absolute Gasteiger partial charge is 0.483 e. The number of halogens is 1. The van der Waals surface area contributed by atoms with Crippen LogP contribution in [0.1, 0.15) is 58.2 Å². The minimum Gasteiger partial charge on any atom is -0.483 e. The van der Waals surface area contributed by atoms with Crippen LogP contribution in [0.3, 0.4) is 0 Å². The zero-order valence-corrected chi connectivity index (χ0v) is 24.8. The lowest BCUT2D eigenvalue weighted by Gasteiger charge is -2.33. The average molecular weight is 580 g/mol. The number of rotatable bonds is 9. The van der Waals surface area contributed by atoms with Gasteiger partial charge in [0.2, 0.25) is 5.91 Å². The molecule has 1 atom stereocenters. The van der Waals surface area contributed by atoms with Crippen molar-refractivity contribution in [3.05, 3.63) is 100 Å². The number of carbonyl (C=O) groups is 2. The topological polar surface area (TPSA) is 58.6 Å². The predicted octanol–water partition coefficient (Wildman–Crippen LogP) is 6.68. The Balaban J connectivity index is 1.90. The quantitative estimate of drug-likeness (QED) is 0.308. The second-order valence-corrected chi connectivity index (χ2v) is 12.5. The monoisotopic (exact) mass is 578 g/mol. The Morgan fingerprint density at radius 3 is 1.97 bits per heavy atom. The molecule has 6 heteroatoms. The third-order valence-corrected chi connectivity index (χ3v) is 6.73. The first kappa shape index (κ1) is 29.4. The normalized spacial score (nSPS) is 12.5. The van der Waals surface area contributed by atoms with E-state index in [0.29, 0.717) is 18.7 Å². The van der Waals surface area contributed by atoms with E-state index in [4.69, 9.17) is 4.74 Å². The summed E-state index contributed by atoms with van der Waals surface area (Å²) in [4.78, 5) is 29.0. The van der Waals surface area contributed by atoms with Crippen molar-refractivity contribution >= 4 is 27.7 Å². The fourth-order valence-electron chi connectivity index (χ4n) is 4.09. The minimum atomic E-state index is -0.709. The van der Waals surface area contributed by atoms with E-state index in [1.165, 1.54) is 0 Å². The molecule has 3 aromatic carbocycles. The number of ether oxygens (including phenoxy) is 1. The molecule has 0 fully saturated rings. The van der Waals surface area contributed by atoms with Crippen molar-refractivity contribution in [1.82, 2.24) is 10.2 Å². The summed E-state index contributed by atoms with van der Waals surface area (Å²) in [5.74, 6) is 0.136. The van der Waals surface area contributed by atoms with Crippen molar-refractivity contribution in [1.29, 1.82) is 0 Å². The third kappa shape index (κ3) is 8.73. The van der Waals surface area contributed by atoms with Gasteiger partial charge in [0.25, 0.3) is 5.91 Å². The zero-order valence-electron chi connectivity index (χ0n) is 23.3. The number of benzene rings is 3. The van der Waals surface area contributed by atoms with Crippen LogP contribution in [0.2, 0.25) is 0 Å². The van der Waals surface area contributed by atoms with E-state index in [2.05, 4.69) is 42.0 Å². The van der Waals surface area contributed by atoms with Gasteiger partial charge in [0.05, 0.1) is 4.47 Å². The highest BCUT2D eigenvalue weighted by Gasteiger charge is 2.32. The van der Waals surface area contributed by atoms with E-state index in [9.17, 15) is 9.59 Å². The molecule has 3 aromatic rings. The van der Waals surface area contributed by atoms with Gasteiger partial charge in [-0.2, -0.15) is 0 Å². The van der Waals surface area contributed by atoms with Crippen LogP contribution in [0.15, 0.2) is 83.3 Å². The molecule has 0 saturated heterocycles. The van der Waals surface area contributed by atoms with Gasteiger partial charge in [-0.1, -0.05) is 87.5 Å². The molecule has 1 unspecified atom stereocenters. The van der Waals surface area contributed by atoms with E-state index in [0.717, 1.165) is 21.2 Å². The van der Waals surface area contributed by atoms with Crippen LogP contribution in [-0.4, -0.2) is 34.9 Å². The van der Waals surface area contributed by atoms with E-state index < -0.39 is 11.6 Å². The van der Waals surface area contributed by atoms with Crippen LogP contribution in [0.5, 0.6) is 5.75 Å². The van der Waals surface area contributed by atoms with Gasteiger partial charge < -0.3 is 15.0 Å². The van der Waals surface area contributed by atoms with E-state index >= 15 is 0 Å². The summed E-state index contributed by atoms with van der Waals surface area (Å²) in [7, 11) is 0. The lowest BCUT2D eigenvalue weighted by atomic mass is 9.87. The molecule has 0 spiro atoms. The summed E-state index contributed by atoms with van der Waals surface area (Å²) in [6.45, 7) is 12.4. The van der Waals surface area contributed by atoms with Gasteiger partial charge in [0.15, 0.2) is 6.61 Å². The minimum absolute atomic E-state index is 0.00553. The Bertz CT molecular complexity index is 1210. The number of hydrogen-bond acceptors (Lipinski definition) is 3. The van der Waals surface area contributed by atoms with Crippen molar-refractivity contribution in [2.45, 2.75) is 71.5 Å². The number of nitrogens with zero attached hydrogens (tertiary/aromatic N) is 1. The van der Waals surface area contributed by atoms with Gasteiger partial charge in [-0.25, -0.2) is 0 Å². The highest BCUT2D eigenvalue weighted by atomic mass is 79.9. The van der Waals surface area contributed by atoms with Crippen molar-refractivity contribution in [3.8, 4) is 5.75 Å². The maximum absolute atomic E-state index is 13.8. The van der Waals surface area contributed by atoms with Gasteiger partial charge in [-0.05, 0) is 70.9 Å². The fraction of sp³-hybridized carbons (Fsp3) is 0.375. The summed E-state index contributed by atoms with van der Waals surface area (Å²) in [5.41, 5.74) is 2.64. The first-order chi connectivity index (χ1) is 17.8. The average Bonchev–Trinajstić information content (AvgIpc) is 2.84. The maximum atomic E-state index is 13.8. The Morgan fingerprint density at radius 2 is 1.45 bits per heavy atom. The molecule has 0 saturated carbocycles. The number of amides is 2. The number of carbonyl (C=O) groups excluding carboxylic acids is 2. The van der Waals surface area contributed by atoms with Crippen LogP contribution >= 0.6 is 15.9 Å². The molecule has 5 nitrogen and oxygen atoms in total. The molecule has 3 rings (SSSR count). The predicted molar refractivity (Wildman–Crippen MR) is 157 cm³/mol. The fourth-order valence-corrected chi connectivity index (χ4v) is 4.59. The summed E-state index contributed by atoms with van der Waals surface area (Å²) >= 11 is 3.60. The summed E-state index contributed by atoms with van der Waals surface area (Å²) in [5, 5.41) is 3.08. The molecule has 0 aromatic heterocycles. The van der Waals surface area contributed by atoms with Gasteiger partial charge in [0, 0.05) is 18.5 Å². The van der Waals surface area contributed by atoms with Crippen molar-refractivity contribution < 1.29 is 14.3 Å². The number of hydrogen-bond donors (Lipinski definition) is 1. The lowest BCUT2D eigenvalue weighted by Crippen LogP contribution is -2.55. The van der Waals surface area contributed by atoms with E-state index in [1.807, 2.05) is 99.6 Å². The zero-order chi connectivity index (χ0) is 27.9. The molecule has 0 aliphatic heterocycles. The third-order valence-electron chi connectivity index (χ3n) is 6.11. The molecule has 38 heavy (non-hydrogen) atoms. The summed E-state index contributed by atoms with van der Waals surface area (Å²) in [6, 6.07) is 24.7. The van der Waals surface area contributed by atoms with Crippen LogP contribution in [0, 0.1) is 0 Å². The standard InChI is InChI=1S/C32H39BrN2O3/c1-31(2,3)25-17-18-28(26(33)20-25)38-22-29(36)35(21-24-15-11-8-12-16-24)27(30(37)34-32(4,5)6)19-23-13-9-7-10-14-23/h7-18,20,27H,19,21-22H2,1-6H3,(H,34,37). The van der Waals surface area contributed by atoms with Crippen molar-refractivity contribution in [3.63, 3.8) is 0 Å². The molecule has 0 aliphatic rings. The Morgan fingerprint density at radius 1 is 0.868 bits per heavy atom. The lowest BCUT2D eigenvalue weighted by molar-refractivity contribution is -0.143. The first-order valence-electron chi connectivity index (χ1n) is 13.0. The molecule has 2 amide bonds. The Kier molecular flexibility index (Phi) is 9.77. The molecule has 0 heterocycles. The van der Waals surface area contributed by atoms with Gasteiger partial charge in [-0.3, -0.25) is 9.59 Å². The molecule has 0 aliphatic carbocycles. The van der Waals surface area contributed by atoms with Crippen molar-refractivity contribution in [2.24, 2.45) is 0 Å². The second-order valence-electron chi connectivity index (χ2n) is 11.6. The van der Waals surface area contributed by atoms with Crippen LogP contribution in [0.4, 0.5) is 0 Å². The van der Waals surface area contributed by atoms with E-state index in [1.54, 1.807) is 4.90 Å². The van der Waals surface area contributed by atoms with Crippen LogP contribution < -0.4 is 10.1 Å². The first-order valence-corrected chi connectivity index (χ1v) is 13.7. The van der Waals surface area contributed by atoms with Crippen LogP contribution in [0.25, 0.3) is 0 Å². The molecule has 202 valence electrons. The second kappa shape index (κ2) is 12.6. The van der Waals surface area contributed by atoms with Gasteiger partial charge >= 0.3 is 0 Å². The summed E-state index contributed by atoms with van der Waals surface area (Å²) < 4.78 is 6.79. The van der Waals surface area contributed by atoms with Gasteiger partial charge in [-0.15, -0.1) is 0 Å². The highest BCUT2D eigenvalue weighted by molar-refractivity contribution is 9.10. The van der Waals surface area contributed by atoms with Crippen LogP contribution in [-0.2, 0) is 28.0 Å². The highest BCUT2D eigenvalue weighted by Crippen LogP contribution is 2.31. The Hall–Kier alpha value is -3.12. The maximum Gasteiger partial charge on any atom is 0.261 e. The SMILES string of the molecule is CC(C)(C)NC(=O)C(Cc1ccccc1)N(Cc1ccccc1)C(=O)COc1ccc(C(C)(C)C)cc1Br. The number of nitrogens with one attached hydrogen (secondary N) is 1. The molecular weight excluding hydrogens is 540 g/mol. The Labute approximate surface area is 235 Å². The summed E-state index contributed by atoms with van der Waals surface area (Å²) in [6.07, 6.45) is 0.394. The van der Waals surface area contributed by atoms with Crippen molar-refractivity contribution in [2.75, 3.05) is 6.61 Å². The van der Waals surface area contributed by atoms with Gasteiger partial charge in [0.1, 0.15) is 11.8 Å². The van der Waals surface area contributed by atoms with E-state index in [-0.39, 0.29) is 23.8 Å². The molecule has 0 bridgehead atoms.